The molecular formula is C26H25Cl2N7O. The van der Waals surface area contributed by atoms with Crippen LogP contribution >= 0.6 is 23.2 Å². The van der Waals surface area contributed by atoms with Crippen molar-refractivity contribution >= 4 is 45.9 Å². The van der Waals surface area contributed by atoms with Gasteiger partial charge in [0.05, 0.1) is 21.1 Å². The summed E-state index contributed by atoms with van der Waals surface area (Å²) in [6, 6.07) is 12.0. The molecule has 8 nitrogen and oxygen atoms in total. The van der Waals surface area contributed by atoms with Gasteiger partial charge in [0.15, 0.2) is 5.65 Å². The van der Waals surface area contributed by atoms with Gasteiger partial charge in [-0.3, -0.25) is 15.3 Å². The third-order valence-electron chi connectivity index (χ3n) is 7.21. The SMILES string of the molecule is CC1(C)c2ccc(Nc3ncc4c(=N)n(-c5c(Cl)cccc5Cl)c(=O)[nH]c4n3)cc2CCN1C1CC1. The molecule has 0 amide bonds. The van der Waals surface area contributed by atoms with Crippen LogP contribution in [-0.2, 0) is 12.0 Å². The summed E-state index contributed by atoms with van der Waals surface area (Å²) >= 11 is 12.6. The van der Waals surface area contributed by atoms with E-state index in [0.29, 0.717) is 17.4 Å². The Kier molecular flexibility index (Phi) is 5.44. The molecule has 36 heavy (non-hydrogen) atoms. The third kappa shape index (κ3) is 3.80. The van der Waals surface area contributed by atoms with Gasteiger partial charge in [0.2, 0.25) is 5.95 Å². The molecule has 4 aromatic rings. The van der Waals surface area contributed by atoms with E-state index in [2.05, 4.69) is 51.1 Å². The number of nitrogens with one attached hydrogen (secondary N) is 3. The highest BCUT2D eigenvalue weighted by molar-refractivity contribution is 6.37. The summed E-state index contributed by atoms with van der Waals surface area (Å²) in [7, 11) is 0. The van der Waals surface area contributed by atoms with Crippen LogP contribution < -0.4 is 16.5 Å². The molecule has 1 fully saturated rings. The van der Waals surface area contributed by atoms with E-state index >= 15 is 0 Å². The number of para-hydroxylation sites is 1. The fraction of sp³-hybridized carbons (Fsp3) is 0.308. The van der Waals surface area contributed by atoms with E-state index in [1.165, 1.54) is 30.2 Å². The van der Waals surface area contributed by atoms with E-state index in [1.807, 2.05) is 6.07 Å². The number of aromatic nitrogens is 4. The number of hydrogen-bond acceptors (Lipinski definition) is 6. The van der Waals surface area contributed by atoms with Crippen molar-refractivity contribution in [3.8, 4) is 5.69 Å². The molecule has 3 heterocycles. The average molecular weight is 522 g/mol. The predicted octanol–water partition coefficient (Wildman–Crippen LogP) is 4.89. The van der Waals surface area contributed by atoms with Crippen molar-refractivity contribution in [2.24, 2.45) is 0 Å². The summed E-state index contributed by atoms with van der Waals surface area (Å²) in [6.45, 7) is 5.67. The van der Waals surface area contributed by atoms with Gasteiger partial charge in [-0.1, -0.05) is 35.3 Å². The zero-order valence-electron chi connectivity index (χ0n) is 19.9. The lowest BCUT2D eigenvalue weighted by Crippen LogP contribution is -2.47. The molecule has 0 radical (unpaired) electrons. The second-order valence-corrected chi connectivity index (χ2v) is 10.7. The van der Waals surface area contributed by atoms with Gasteiger partial charge < -0.3 is 5.32 Å². The van der Waals surface area contributed by atoms with Gasteiger partial charge in [0, 0.05) is 30.0 Å². The van der Waals surface area contributed by atoms with Gasteiger partial charge >= 0.3 is 5.69 Å². The number of hydrogen-bond donors (Lipinski definition) is 3. The molecule has 3 N–H and O–H groups in total. The molecule has 0 unspecified atom stereocenters. The molecule has 2 aromatic heterocycles. The van der Waals surface area contributed by atoms with E-state index in [-0.39, 0.29) is 32.4 Å². The summed E-state index contributed by atoms with van der Waals surface area (Å²) in [5.41, 5.74) is 3.39. The molecule has 0 bridgehead atoms. The average Bonchev–Trinajstić information content (AvgIpc) is 3.66. The van der Waals surface area contributed by atoms with Crippen LogP contribution in [0.15, 0.2) is 47.4 Å². The number of benzene rings is 2. The van der Waals surface area contributed by atoms with E-state index < -0.39 is 5.69 Å². The molecular weight excluding hydrogens is 497 g/mol. The van der Waals surface area contributed by atoms with Crippen LogP contribution in [0.3, 0.4) is 0 Å². The standard InChI is InChI=1S/C26H25Cl2N7O/c1-26(2)18-9-6-15(12-14(18)10-11-34(26)16-7-8-16)31-24-30-13-17-22(29)35(25(36)33-23(17)32-24)21-19(27)4-3-5-20(21)28/h3-6,9,12-13,16,29H,7-8,10-11H2,1-2H3,(H2,30,31,32,33,36). The fourth-order valence-electron chi connectivity index (χ4n) is 5.31. The first-order valence-electron chi connectivity index (χ1n) is 11.9. The highest BCUT2D eigenvalue weighted by Gasteiger charge is 2.42. The second kappa shape index (κ2) is 8.44. The van der Waals surface area contributed by atoms with Crippen molar-refractivity contribution in [1.82, 2.24) is 24.4 Å². The number of anilines is 2. The number of H-pyrrole nitrogens is 1. The minimum Gasteiger partial charge on any atom is -0.324 e. The lowest BCUT2D eigenvalue weighted by Gasteiger charge is -2.44. The number of fused-ring (bicyclic) bond motifs is 2. The minimum atomic E-state index is -0.566. The molecule has 2 aromatic carbocycles. The van der Waals surface area contributed by atoms with Gasteiger partial charge in [-0.25, -0.2) is 14.3 Å². The summed E-state index contributed by atoms with van der Waals surface area (Å²) in [6.07, 6.45) is 5.11. The first kappa shape index (κ1) is 23.2. The number of rotatable bonds is 4. The van der Waals surface area contributed by atoms with Crippen LogP contribution in [0, 0.1) is 5.41 Å². The van der Waals surface area contributed by atoms with Gasteiger partial charge in [-0.15, -0.1) is 0 Å². The molecule has 0 saturated heterocycles. The van der Waals surface area contributed by atoms with E-state index in [0.717, 1.165) is 23.2 Å². The Morgan fingerprint density at radius 2 is 1.92 bits per heavy atom. The van der Waals surface area contributed by atoms with Crippen LogP contribution in [0.1, 0.15) is 37.8 Å². The second-order valence-electron chi connectivity index (χ2n) is 9.87. The van der Waals surface area contributed by atoms with E-state index in [1.54, 1.807) is 18.2 Å². The summed E-state index contributed by atoms with van der Waals surface area (Å²) in [5, 5.41) is 12.8. The Labute approximate surface area is 217 Å². The highest BCUT2D eigenvalue weighted by atomic mass is 35.5. The van der Waals surface area contributed by atoms with E-state index in [9.17, 15) is 4.79 Å². The van der Waals surface area contributed by atoms with Crippen molar-refractivity contribution in [1.29, 1.82) is 5.41 Å². The van der Waals surface area contributed by atoms with Crippen molar-refractivity contribution in [3.63, 3.8) is 0 Å². The molecule has 1 aliphatic carbocycles. The smallest absolute Gasteiger partial charge is 0.324 e. The maximum absolute atomic E-state index is 12.9. The Balaban J connectivity index is 1.34. The Morgan fingerprint density at radius 1 is 1.17 bits per heavy atom. The first-order chi connectivity index (χ1) is 17.2. The summed E-state index contributed by atoms with van der Waals surface area (Å²) in [5.74, 6) is 0.334. The zero-order valence-corrected chi connectivity index (χ0v) is 21.4. The van der Waals surface area contributed by atoms with Gasteiger partial charge in [-0.05, 0) is 68.5 Å². The highest BCUT2D eigenvalue weighted by Crippen LogP contribution is 2.42. The van der Waals surface area contributed by atoms with E-state index in [4.69, 9.17) is 28.6 Å². The summed E-state index contributed by atoms with van der Waals surface area (Å²) in [4.78, 5) is 27.2. The number of nitrogens with zero attached hydrogens (tertiary/aromatic N) is 4. The van der Waals surface area contributed by atoms with Gasteiger partial charge in [0.1, 0.15) is 5.49 Å². The van der Waals surface area contributed by atoms with Crippen molar-refractivity contribution in [2.75, 3.05) is 11.9 Å². The van der Waals surface area contributed by atoms with Crippen molar-refractivity contribution in [2.45, 2.75) is 44.7 Å². The first-order valence-corrected chi connectivity index (χ1v) is 12.7. The molecule has 0 atom stereocenters. The fourth-order valence-corrected chi connectivity index (χ4v) is 5.88. The molecule has 1 saturated carbocycles. The summed E-state index contributed by atoms with van der Waals surface area (Å²) < 4.78 is 1.12. The minimum absolute atomic E-state index is 0.0106. The Hall–Kier alpha value is -3.20. The monoisotopic (exact) mass is 521 g/mol. The van der Waals surface area contributed by atoms with Crippen LogP contribution in [0.4, 0.5) is 11.6 Å². The lowest BCUT2D eigenvalue weighted by atomic mass is 9.83. The normalized spacial score (nSPS) is 17.2. The maximum Gasteiger partial charge on any atom is 0.333 e. The van der Waals surface area contributed by atoms with Crippen LogP contribution in [0.25, 0.3) is 16.7 Å². The molecule has 10 heteroatoms. The van der Waals surface area contributed by atoms with Crippen molar-refractivity contribution in [3.05, 3.63) is 79.7 Å². The lowest BCUT2D eigenvalue weighted by molar-refractivity contribution is 0.0976. The zero-order chi connectivity index (χ0) is 25.2. The third-order valence-corrected chi connectivity index (χ3v) is 7.82. The van der Waals surface area contributed by atoms with Gasteiger partial charge in [0.25, 0.3) is 0 Å². The molecule has 184 valence electrons. The topological polar surface area (TPSA) is 103 Å². The molecule has 0 spiro atoms. The number of halogens is 2. The molecule has 6 rings (SSSR count). The molecule has 1 aliphatic heterocycles. The van der Waals surface area contributed by atoms with Gasteiger partial charge in [-0.2, -0.15) is 4.98 Å². The predicted molar refractivity (Wildman–Crippen MR) is 142 cm³/mol. The maximum atomic E-state index is 12.9. The number of aromatic amines is 1. The quantitative estimate of drug-likeness (QED) is 0.354. The van der Waals surface area contributed by atoms with Crippen LogP contribution in [0.2, 0.25) is 10.0 Å². The van der Waals surface area contributed by atoms with Crippen LogP contribution in [-0.4, -0.2) is 37.0 Å². The molecule has 2 aliphatic rings. The van der Waals surface area contributed by atoms with Crippen molar-refractivity contribution < 1.29 is 0 Å². The Bertz CT molecular complexity index is 1620. The Morgan fingerprint density at radius 3 is 2.64 bits per heavy atom. The van der Waals surface area contributed by atoms with Crippen LogP contribution in [0.5, 0.6) is 0 Å². The largest absolute Gasteiger partial charge is 0.333 e.